The average molecular weight is 312 g/mol. The summed E-state index contributed by atoms with van der Waals surface area (Å²) < 4.78 is 19.7. The third-order valence-corrected chi connectivity index (χ3v) is 4.40. The van der Waals surface area contributed by atoms with Crippen LogP contribution in [0, 0.1) is 11.7 Å². The Morgan fingerprint density at radius 3 is 2.61 bits per heavy atom. The maximum Gasteiger partial charge on any atom is 0.313 e. The minimum absolute atomic E-state index is 0.280. The summed E-state index contributed by atoms with van der Waals surface area (Å²) in [7, 11) is 0. The van der Waals surface area contributed by atoms with E-state index < -0.39 is 5.92 Å². The Balaban J connectivity index is 1.67. The first-order chi connectivity index (χ1) is 11.1. The minimum Gasteiger partial charge on any atom is -0.465 e. The van der Waals surface area contributed by atoms with E-state index in [0.29, 0.717) is 17.7 Å². The second-order valence-corrected chi connectivity index (χ2v) is 6.23. The fourth-order valence-corrected chi connectivity index (χ4v) is 2.65. The number of ether oxygens (including phenoxy) is 1. The van der Waals surface area contributed by atoms with Gasteiger partial charge in [0.05, 0.1) is 12.5 Å². The number of hydrogen-bond donors (Lipinski definition) is 0. The van der Waals surface area contributed by atoms with Gasteiger partial charge in [-0.05, 0) is 36.5 Å². The molecule has 0 N–H and O–H groups in total. The molecule has 0 radical (unpaired) electrons. The van der Waals surface area contributed by atoms with Crippen molar-refractivity contribution in [1.82, 2.24) is 0 Å². The Morgan fingerprint density at radius 1 is 1.22 bits per heavy atom. The maximum absolute atomic E-state index is 14.4. The highest BCUT2D eigenvalue weighted by atomic mass is 19.1. The molecule has 0 heterocycles. The number of halogens is 1. The molecule has 1 saturated carbocycles. The van der Waals surface area contributed by atoms with Gasteiger partial charge in [0, 0.05) is 5.56 Å². The minimum atomic E-state index is -0.450. The number of hydrogen-bond acceptors (Lipinski definition) is 2. The molecule has 0 saturated heterocycles. The van der Waals surface area contributed by atoms with E-state index >= 15 is 0 Å². The number of carbonyl (C=O) groups excluding carboxylic acids is 1. The van der Waals surface area contributed by atoms with Crippen LogP contribution in [0.4, 0.5) is 4.39 Å². The zero-order valence-electron chi connectivity index (χ0n) is 13.3. The first-order valence-electron chi connectivity index (χ1n) is 8.16. The van der Waals surface area contributed by atoms with Gasteiger partial charge in [0.1, 0.15) is 5.82 Å². The fourth-order valence-electron chi connectivity index (χ4n) is 2.65. The van der Waals surface area contributed by atoms with E-state index in [1.54, 1.807) is 19.1 Å². The highest BCUT2D eigenvalue weighted by molar-refractivity contribution is 5.78. The van der Waals surface area contributed by atoms with Crippen LogP contribution in [0.25, 0.3) is 11.1 Å². The predicted octanol–water partition coefficient (Wildman–Crippen LogP) is 4.94. The molecular weight excluding hydrogens is 291 g/mol. The maximum atomic E-state index is 14.4. The first-order valence-corrected chi connectivity index (χ1v) is 8.16. The van der Waals surface area contributed by atoms with Gasteiger partial charge < -0.3 is 4.74 Å². The Bertz CT molecular complexity index is 677. The lowest BCUT2D eigenvalue weighted by Crippen LogP contribution is -2.14. The number of benzene rings is 2. The van der Waals surface area contributed by atoms with Crippen molar-refractivity contribution in [3.8, 4) is 11.1 Å². The Morgan fingerprint density at radius 2 is 1.96 bits per heavy atom. The van der Waals surface area contributed by atoms with Crippen molar-refractivity contribution in [1.29, 1.82) is 0 Å². The smallest absolute Gasteiger partial charge is 0.313 e. The SMILES string of the molecule is C[C@@H](C(=O)OCCC1CC1)c1ccc(-c2ccccc2)c(F)c1. The highest BCUT2D eigenvalue weighted by Gasteiger charge is 2.23. The van der Waals surface area contributed by atoms with Crippen molar-refractivity contribution in [2.24, 2.45) is 5.92 Å². The molecule has 0 bridgehead atoms. The summed E-state index contributed by atoms with van der Waals surface area (Å²) in [5.41, 5.74) is 2.03. The number of esters is 1. The van der Waals surface area contributed by atoms with Gasteiger partial charge >= 0.3 is 5.97 Å². The van der Waals surface area contributed by atoms with Crippen LogP contribution in [0.3, 0.4) is 0 Å². The topological polar surface area (TPSA) is 26.3 Å². The fraction of sp³-hybridized carbons (Fsp3) is 0.350. The van der Waals surface area contributed by atoms with Gasteiger partial charge in [-0.25, -0.2) is 4.39 Å². The van der Waals surface area contributed by atoms with E-state index in [-0.39, 0.29) is 11.8 Å². The summed E-state index contributed by atoms with van der Waals surface area (Å²) in [4.78, 5) is 12.1. The van der Waals surface area contributed by atoms with Gasteiger partial charge in [-0.2, -0.15) is 0 Å². The van der Waals surface area contributed by atoms with Gasteiger partial charge in [0.15, 0.2) is 0 Å². The summed E-state index contributed by atoms with van der Waals surface area (Å²) in [6.45, 7) is 2.23. The standard InChI is InChI=1S/C20H21FO2/c1-14(20(22)23-12-11-15-7-8-15)17-9-10-18(19(21)13-17)16-5-3-2-4-6-16/h2-6,9-10,13-15H,7-8,11-12H2,1H3/t14-/m1/s1. The summed E-state index contributed by atoms with van der Waals surface area (Å²) in [6.07, 6.45) is 3.44. The third kappa shape index (κ3) is 3.98. The molecule has 1 aliphatic rings. The van der Waals surface area contributed by atoms with E-state index in [1.165, 1.54) is 18.9 Å². The molecule has 120 valence electrons. The molecule has 0 amide bonds. The molecule has 1 atom stereocenters. The van der Waals surface area contributed by atoms with E-state index in [2.05, 4.69) is 0 Å². The highest BCUT2D eigenvalue weighted by Crippen LogP contribution is 2.32. The zero-order valence-corrected chi connectivity index (χ0v) is 13.3. The van der Waals surface area contributed by atoms with Crippen molar-refractivity contribution in [3.63, 3.8) is 0 Å². The molecule has 2 aromatic carbocycles. The van der Waals surface area contributed by atoms with Crippen molar-refractivity contribution < 1.29 is 13.9 Å². The molecule has 3 heteroatoms. The summed E-state index contributed by atoms with van der Waals surface area (Å²) >= 11 is 0. The zero-order chi connectivity index (χ0) is 16.2. The molecular formula is C20H21FO2. The van der Waals surface area contributed by atoms with Crippen LogP contribution in [0.1, 0.15) is 37.7 Å². The molecule has 2 aromatic rings. The lowest BCUT2D eigenvalue weighted by atomic mass is 9.97. The molecule has 23 heavy (non-hydrogen) atoms. The monoisotopic (exact) mass is 312 g/mol. The molecule has 0 aliphatic heterocycles. The van der Waals surface area contributed by atoms with Gasteiger partial charge in [0.25, 0.3) is 0 Å². The normalized spacial score (nSPS) is 15.2. The lowest BCUT2D eigenvalue weighted by Gasteiger charge is -2.13. The van der Waals surface area contributed by atoms with Gasteiger partial charge in [-0.1, -0.05) is 55.3 Å². The van der Waals surface area contributed by atoms with Crippen molar-refractivity contribution in [2.75, 3.05) is 6.61 Å². The van der Waals surface area contributed by atoms with Crippen molar-refractivity contribution in [3.05, 3.63) is 59.9 Å². The second-order valence-electron chi connectivity index (χ2n) is 6.23. The molecule has 2 nitrogen and oxygen atoms in total. The molecule has 1 fully saturated rings. The molecule has 1 aliphatic carbocycles. The summed E-state index contributed by atoms with van der Waals surface area (Å²) in [5, 5.41) is 0. The van der Waals surface area contributed by atoms with Crippen LogP contribution in [-0.4, -0.2) is 12.6 Å². The van der Waals surface area contributed by atoms with E-state index in [0.717, 1.165) is 17.9 Å². The largest absolute Gasteiger partial charge is 0.465 e. The van der Waals surface area contributed by atoms with Crippen LogP contribution >= 0.6 is 0 Å². The molecule has 0 aromatic heterocycles. The Kier molecular flexibility index (Phi) is 4.75. The average Bonchev–Trinajstić information content (AvgIpc) is 3.39. The Labute approximate surface area is 136 Å². The lowest BCUT2D eigenvalue weighted by molar-refractivity contribution is -0.145. The first kappa shape index (κ1) is 15.7. The van der Waals surface area contributed by atoms with Crippen molar-refractivity contribution >= 4 is 5.97 Å². The molecule has 0 spiro atoms. The number of carbonyl (C=O) groups is 1. The summed E-state index contributed by atoms with van der Waals surface area (Å²) in [6, 6.07) is 14.4. The summed E-state index contributed by atoms with van der Waals surface area (Å²) in [5.74, 6) is -0.307. The van der Waals surface area contributed by atoms with Gasteiger partial charge in [-0.15, -0.1) is 0 Å². The van der Waals surface area contributed by atoms with Crippen LogP contribution in [-0.2, 0) is 9.53 Å². The second kappa shape index (κ2) is 6.95. The van der Waals surface area contributed by atoms with Crippen molar-refractivity contribution in [2.45, 2.75) is 32.1 Å². The van der Waals surface area contributed by atoms with Crippen LogP contribution in [0.15, 0.2) is 48.5 Å². The quantitative estimate of drug-likeness (QED) is 0.706. The van der Waals surface area contributed by atoms with Gasteiger partial charge in [-0.3, -0.25) is 4.79 Å². The molecule has 3 rings (SSSR count). The van der Waals surface area contributed by atoms with Crippen LogP contribution in [0.5, 0.6) is 0 Å². The predicted molar refractivity (Wildman–Crippen MR) is 88.6 cm³/mol. The van der Waals surface area contributed by atoms with Gasteiger partial charge in [0.2, 0.25) is 0 Å². The van der Waals surface area contributed by atoms with E-state index in [1.807, 2.05) is 30.3 Å². The van der Waals surface area contributed by atoms with Crippen LogP contribution < -0.4 is 0 Å². The number of rotatable bonds is 6. The molecule has 0 unspecified atom stereocenters. The van der Waals surface area contributed by atoms with E-state index in [9.17, 15) is 9.18 Å². The van der Waals surface area contributed by atoms with E-state index in [4.69, 9.17) is 4.74 Å². The third-order valence-electron chi connectivity index (χ3n) is 4.40. The Hall–Kier alpha value is -2.16. The van der Waals surface area contributed by atoms with Crippen LogP contribution in [0.2, 0.25) is 0 Å².